The van der Waals surface area contributed by atoms with Crippen molar-refractivity contribution in [3.8, 4) is 0 Å². The van der Waals surface area contributed by atoms with Crippen LogP contribution in [0, 0.1) is 0 Å². The minimum Gasteiger partial charge on any atom is -0.370 e. The maximum atomic E-state index is 12.6. The molecule has 0 atom stereocenters. The monoisotopic (exact) mass is 303 g/mol. The second kappa shape index (κ2) is 5.95. The van der Waals surface area contributed by atoms with Crippen LogP contribution in [-0.2, 0) is 15.7 Å². The van der Waals surface area contributed by atoms with Crippen molar-refractivity contribution in [2.45, 2.75) is 6.18 Å². The van der Waals surface area contributed by atoms with Gasteiger partial charge in [-0.15, -0.1) is 0 Å². The number of alkyl halides is 3. The van der Waals surface area contributed by atoms with Gasteiger partial charge in [0.05, 0.1) is 6.61 Å². The van der Waals surface area contributed by atoms with Crippen LogP contribution in [0.15, 0.2) is 18.5 Å². The van der Waals surface area contributed by atoms with Gasteiger partial charge >= 0.3 is 6.18 Å². The summed E-state index contributed by atoms with van der Waals surface area (Å²) in [7, 11) is 0. The van der Waals surface area contributed by atoms with Gasteiger partial charge in [-0.1, -0.05) is 0 Å². The third-order valence-corrected chi connectivity index (χ3v) is 2.46. The molecule has 2 rings (SSSR count). The van der Waals surface area contributed by atoms with Gasteiger partial charge in [-0.25, -0.2) is 9.50 Å². The minimum atomic E-state index is -4.52. The van der Waals surface area contributed by atoms with E-state index in [0.29, 0.717) is 0 Å². The van der Waals surface area contributed by atoms with Crippen molar-refractivity contribution in [2.24, 2.45) is 5.73 Å². The molecule has 0 fully saturated rings. The highest BCUT2D eigenvalue weighted by Gasteiger charge is 2.34. The minimum absolute atomic E-state index is 0.159. The van der Waals surface area contributed by atoms with E-state index >= 15 is 0 Å². The summed E-state index contributed by atoms with van der Waals surface area (Å²) >= 11 is 0. The Kier molecular flexibility index (Phi) is 4.26. The van der Waals surface area contributed by atoms with Crippen LogP contribution in [0.2, 0.25) is 0 Å². The molecule has 2 aromatic heterocycles. The van der Waals surface area contributed by atoms with Crippen molar-refractivity contribution < 1.29 is 22.7 Å². The van der Waals surface area contributed by atoms with E-state index in [9.17, 15) is 18.0 Å². The van der Waals surface area contributed by atoms with Crippen LogP contribution in [0.3, 0.4) is 0 Å². The maximum absolute atomic E-state index is 12.6. The molecule has 2 aromatic rings. The molecule has 0 spiro atoms. The van der Waals surface area contributed by atoms with Crippen molar-refractivity contribution in [3.05, 3.63) is 24.2 Å². The highest BCUT2D eigenvalue weighted by atomic mass is 19.4. The number of ether oxygens (including phenoxy) is 1. The molecular formula is C11H12F3N5O2. The molecule has 0 aliphatic carbocycles. The fraction of sp³-hybridized carbons (Fsp3) is 0.364. The molecule has 0 saturated heterocycles. The van der Waals surface area contributed by atoms with Gasteiger partial charge in [-0.05, 0) is 0 Å². The van der Waals surface area contributed by atoms with E-state index in [4.69, 9.17) is 10.5 Å². The average molecular weight is 303 g/mol. The van der Waals surface area contributed by atoms with Gasteiger partial charge in [-0.2, -0.15) is 18.3 Å². The van der Waals surface area contributed by atoms with Crippen molar-refractivity contribution in [2.75, 3.05) is 25.1 Å². The molecule has 0 aliphatic rings. The van der Waals surface area contributed by atoms with Crippen molar-refractivity contribution in [1.82, 2.24) is 14.6 Å². The molecule has 21 heavy (non-hydrogen) atoms. The number of hydrogen-bond donors (Lipinski definition) is 2. The molecular weight excluding hydrogens is 291 g/mol. The van der Waals surface area contributed by atoms with Crippen LogP contribution in [0.5, 0.6) is 0 Å². The largest absolute Gasteiger partial charge is 0.435 e. The van der Waals surface area contributed by atoms with Gasteiger partial charge in [0.1, 0.15) is 12.1 Å². The van der Waals surface area contributed by atoms with Gasteiger partial charge in [0.25, 0.3) is 0 Å². The Labute approximate surface area is 116 Å². The number of carbonyl (C=O) groups is 1. The van der Waals surface area contributed by atoms with Gasteiger partial charge in [0, 0.05) is 25.0 Å². The Hall–Kier alpha value is -2.36. The molecule has 0 bridgehead atoms. The first-order valence-electron chi connectivity index (χ1n) is 5.89. The standard InChI is InChI=1S/C11H12F3N5O2/c12-11(13,14)8-5-7-10(16-1-3-19(7)18-8)17-2-4-21-6-9(15)20/h1,3,5H,2,4,6H2,(H2,15,20)(H,16,17). The number of anilines is 1. The van der Waals surface area contributed by atoms with Gasteiger partial charge < -0.3 is 15.8 Å². The topological polar surface area (TPSA) is 94.5 Å². The summed E-state index contributed by atoms with van der Waals surface area (Å²) < 4.78 is 43.8. The Bertz CT molecular complexity index is 640. The smallest absolute Gasteiger partial charge is 0.370 e. The van der Waals surface area contributed by atoms with Gasteiger partial charge in [0.2, 0.25) is 5.91 Å². The van der Waals surface area contributed by atoms with Crippen LogP contribution in [0.4, 0.5) is 19.0 Å². The van der Waals surface area contributed by atoms with E-state index in [0.717, 1.165) is 10.6 Å². The second-order valence-electron chi connectivity index (χ2n) is 4.08. The Morgan fingerprint density at radius 1 is 1.48 bits per heavy atom. The molecule has 114 valence electrons. The van der Waals surface area contributed by atoms with Crippen LogP contribution >= 0.6 is 0 Å². The van der Waals surface area contributed by atoms with Crippen molar-refractivity contribution in [1.29, 1.82) is 0 Å². The van der Waals surface area contributed by atoms with E-state index in [-0.39, 0.29) is 31.1 Å². The number of nitrogens with one attached hydrogen (secondary N) is 1. The van der Waals surface area contributed by atoms with E-state index in [1.807, 2.05) is 0 Å². The van der Waals surface area contributed by atoms with E-state index in [2.05, 4.69) is 15.4 Å². The normalized spacial score (nSPS) is 11.8. The third kappa shape index (κ3) is 3.81. The molecule has 0 saturated carbocycles. The van der Waals surface area contributed by atoms with Gasteiger partial charge in [-0.3, -0.25) is 4.79 Å². The predicted octanol–water partition coefficient (Wildman–Crippen LogP) is 0.662. The SMILES string of the molecule is NC(=O)COCCNc1nccn2nc(C(F)(F)F)cc12. The molecule has 3 N–H and O–H groups in total. The first-order valence-corrected chi connectivity index (χ1v) is 5.89. The number of primary amides is 1. The van der Waals surface area contributed by atoms with Crippen LogP contribution in [0.25, 0.3) is 5.52 Å². The summed E-state index contributed by atoms with van der Waals surface area (Å²) in [6.07, 6.45) is -1.88. The zero-order valence-corrected chi connectivity index (χ0v) is 10.7. The number of amides is 1. The Morgan fingerprint density at radius 3 is 2.90 bits per heavy atom. The summed E-state index contributed by atoms with van der Waals surface area (Å²) in [4.78, 5) is 14.4. The Balaban J connectivity index is 2.06. The highest BCUT2D eigenvalue weighted by molar-refractivity contribution is 5.75. The lowest BCUT2D eigenvalue weighted by Crippen LogP contribution is -2.20. The molecule has 0 aromatic carbocycles. The zero-order chi connectivity index (χ0) is 15.5. The summed E-state index contributed by atoms with van der Waals surface area (Å²) in [5.74, 6) is -0.357. The lowest BCUT2D eigenvalue weighted by Gasteiger charge is -2.06. The average Bonchev–Trinajstić information content (AvgIpc) is 2.82. The van der Waals surface area contributed by atoms with Crippen LogP contribution in [-0.4, -0.2) is 40.3 Å². The molecule has 2 heterocycles. The second-order valence-corrected chi connectivity index (χ2v) is 4.08. The summed E-state index contributed by atoms with van der Waals surface area (Å²) in [6.45, 7) is 0.197. The van der Waals surface area contributed by atoms with E-state index in [1.165, 1.54) is 12.4 Å². The molecule has 1 amide bonds. The molecule has 0 unspecified atom stereocenters. The van der Waals surface area contributed by atoms with Crippen molar-refractivity contribution in [3.63, 3.8) is 0 Å². The number of halogens is 3. The number of aromatic nitrogens is 3. The summed E-state index contributed by atoms with van der Waals surface area (Å²) in [5, 5.41) is 6.24. The number of nitrogens with two attached hydrogens (primary N) is 1. The number of hydrogen-bond acceptors (Lipinski definition) is 5. The fourth-order valence-corrected chi connectivity index (χ4v) is 1.61. The summed E-state index contributed by atoms with van der Waals surface area (Å²) in [5.41, 5.74) is 4.09. The molecule has 0 radical (unpaired) electrons. The quantitative estimate of drug-likeness (QED) is 0.765. The van der Waals surface area contributed by atoms with Crippen LogP contribution in [0.1, 0.15) is 5.69 Å². The lowest BCUT2D eigenvalue weighted by atomic mass is 10.3. The first-order chi connectivity index (χ1) is 9.88. The number of rotatable bonds is 6. The zero-order valence-electron chi connectivity index (χ0n) is 10.7. The molecule has 0 aliphatic heterocycles. The fourth-order valence-electron chi connectivity index (χ4n) is 1.61. The number of fused-ring (bicyclic) bond motifs is 1. The third-order valence-electron chi connectivity index (χ3n) is 2.46. The lowest BCUT2D eigenvalue weighted by molar-refractivity contribution is -0.141. The predicted molar refractivity (Wildman–Crippen MR) is 66.5 cm³/mol. The van der Waals surface area contributed by atoms with E-state index in [1.54, 1.807) is 0 Å². The number of carbonyl (C=O) groups excluding carboxylic acids is 1. The Morgan fingerprint density at radius 2 is 2.24 bits per heavy atom. The maximum Gasteiger partial charge on any atom is 0.435 e. The summed E-state index contributed by atoms with van der Waals surface area (Å²) in [6, 6.07) is 0.902. The van der Waals surface area contributed by atoms with Crippen LogP contribution < -0.4 is 11.1 Å². The van der Waals surface area contributed by atoms with E-state index < -0.39 is 17.8 Å². The van der Waals surface area contributed by atoms with Crippen molar-refractivity contribution >= 4 is 17.2 Å². The molecule has 10 heteroatoms. The molecule has 7 nitrogen and oxygen atoms in total. The van der Waals surface area contributed by atoms with Gasteiger partial charge in [0.15, 0.2) is 11.5 Å². The number of nitrogens with zero attached hydrogens (tertiary/aromatic N) is 3. The highest BCUT2D eigenvalue weighted by Crippen LogP contribution is 2.29. The first kappa shape index (κ1) is 15.0.